The number of carbonyl (C=O) groups excluding carboxylic acids is 2. The van der Waals surface area contributed by atoms with Crippen LogP contribution in [0.4, 0.5) is 0 Å². The summed E-state index contributed by atoms with van der Waals surface area (Å²) >= 11 is 0. The fourth-order valence-electron chi connectivity index (χ4n) is 3.22. The molecule has 1 aliphatic carbocycles. The van der Waals surface area contributed by atoms with Gasteiger partial charge in [0.15, 0.2) is 0 Å². The highest BCUT2D eigenvalue weighted by molar-refractivity contribution is 5.95. The number of hydrogen-bond donors (Lipinski definition) is 2. The fraction of sp³-hybridized carbons (Fsp3) is 0.444. The first-order valence-electron chi connectivity index (χ1n) is 8.37. The largest absolute Gasteiger partial charge is 0.472 e. The van der Waals surface area contributed by atoms with Gasteiger partial charge in [-0.3, -0.25) is 9.59 Å². The van der Waals surface area contributed by atoms with Gasteiger partial charge in [-0.1, -0.05) is 19.3 Å². The van der Waals surface area contributed by atoms with E-state index in [4.69, 9.17) is 8.83 Å². The van der Waals surface area contributed by atoms with Gasteiger partial charge in [-0.15, -0.1) is 0 Å². The third-order valence-electron chi connectivity index (χ3n) is 4.58. The normalized spacial score (nSPS) is 16.5. The summed E-state index contributed by atoms with van der Waals surface area (Å²) in [6.07, 6.45) is 11.5. The number of hydrogen-bond acceptors (Lipinski definition) is 4. The van der Waals surface area contributed by atoms with Crippen molar-refractivity contribution in [2.24, 2.45) is 5.92 Å². The van der Waals surface area contributed by atoms with Crippen LogP contribution in [0.5, 0.6) is 0 Å². The van der Waals surface area contributed by atoms with Gasteiger partial charge in [-0.05, 0) is 30.9 Å². The second kappa shape index (κ2) is 7.86. The summed E-state index contributed by atoms with van der Waals surface area (Å²) < 4.78 is 9.90. The predicted molar refractivity (Wildman–Crippen MR) is 87.6 cm³/mol. The molecule has 2 aromatic heterocycles. The molecular weight excluding hydrogens is 308 g/mol. The quantitative estimate of drug-likeness (QED) is 0.853. The summed E-state index contributed by atoms with van der Waals surface area (Å²) in [7, 11) is 0. The third kappa shape index (κ3) is 4.07. The van der Waals surface area contributed by atoms with E-state index < -0.39 is 0 Å². The molecule has 6 nitrogen and oxygen atoms in total. The van der Waals surface area contributed by atoms with E-state index in [1.807, 2.05) is 0 Å². The molecule has 2 aromatic rings. The van der Waals surface area contributed by atoms with Crippen molar-refractivity contribution in [3.05, 3.63) is 48.3 Å². The Balaban J connectivity index is 1.62. The Kier molecular flexibility index (Phi) is 5.36. The molecule has 1 saturated carbocycles. The molecular formula is C18H22N2O4. The summed E-state index contributed by atoms with van der Waals surface area (Å²) in [5.41, 5.74) is 0.982. The molecule has 6 heteroatoms. The number of furan rings is 2. The number of nitrogens with one attached hydrogen (secondary N) is 2. The standard InChI is InChI=1S/C18H22N2O4/c21-17(14-6-8-23-11-14)19-10-16(13-4-2-1-3-5-13)20-18(22)15-7-9-24-12-15/h6-9,11-13,16H,1-5,10H2,(H,19,21)(H,20,22)/t16-/m1/s1. The number of amides is 2. The van der Waals surface area contributed by atoms with Gasteiger partial charge in [0, 0.05) is 12.6 Å². The molecule has 3 rings (SSSR count). The van der Waals surface area contributed by atoms with E-state index in [9.17, 15) is 9.59 Å². The minimum absolute atomic E-state index is 0.0939. The van der Waals surface area contributed by atoms with Crippen LogP contribution < -0.4 is 10.6 Å². The lowest BCUT2D eigenvalue weighted by Gasteiger charge is -2.31. The molecule has 0 spiro atoms. The Morgan fingerprint density at radius 1 is 1.00 bits per heavy atom. The highest BCUT2D eigenvalue weighted by atomic mass is 16.3. The second-order valence-electron chi connectivity index (χ2n) is 6.21. The van der Waals surface area contributed by atoms with E-state index in [0.29, 0.717) is 23.6 Å². The van der Waals surface area contributed by atoms with Crippen molar-refractivity contribution in [1.29, 1.82) is 0 Å². The first-order valence-corrected chi connectivity index (χ1v) is 8.37. The molecule has 2 heterocycles. The summed E-state index contributed by atoms with van der Waals surface area (Å²) in [6, 6.07) is 3.16. The minimum Gasteiger partial charge on any atom is -0.472 e. The molecule has 0 aliphatic heterocycles. The lowest BCUT2D eigenvalue weighted by atomic mass is 9.83. The lowest BCUT2D eigenvalue weighted by Crippen LogP contribution is -2.48. The third-order valence-corrected chi connectivity index (χ3v) is 4.58. The molecule has 2 N–H and O–H groups in total. The zero-order valence-corrected chi connectivity index (χ0v) is 13.5. The van der Waals surface area contributed by atoms with E-state index in [1.165, 1.54) is 44.3 Å². The van der Waals surface area contributed by atoms with Crippen LogP contribution >= 0.6 is 0 Å². The first-order chi connectivity index (χ1) is 11.7. The predicted octanol–water partition coefficient (Wildman–Crippen LogP) is 2.98. The van der Waals surface area contributed by atoms with Crippen LogP contribution in [0.1, 0.15) is 52.8 Å². The van der Waals surface area contributed by atoms with Crippen LogP contribution in [-0.2, 0) is 0 Å². The van der Waals surface area contributed by atoms with Crippen LogP contribution in [-0.4, -0.2) is 24.4 Å². The topological polar surface area (TPSA) is 84.5 Å². The monoisotopic (exact) mass is 330 g/mol. The molecule has 1 fully saturated rings. The fourth-order valence-corrected chi connectivity index (χ4v) is 3.22. The lowest BCUT2D eigenvalue weighted by molar-refractivity contribution is 0.0882. The van der Waals surface area contributed by atoms with E-state index in [0.717, 1.165) is 12.8 Å². The van der Waals surface area contributed by atoms with Crippen molar-refractivity contribution in [1.82, 2.24) is 10.6 Å². The van der Waals surface area contributed by atoms with E-state index in [1.54, 1.807) is 12.1 Å². The molecule has 0 radical (unpaired) electrons. The van der Waals surface area contributed by atoms with Crippen LogP contribution in [0.3, 0.4) is 0 Å². The van der Waals surface area contributed by atoms with Crippen molar-refractivity contribution in [3.63, 3.8) is 0 Å². The van der Waals surface area contributed by atoms with E-state index >= 15 is 0 Å². The zero-order valence-electron chi connectivity index (χ0n) is 13.5. The summed E-state index contributed by atoms with van der Waals surface area (Å²) in [6.45, 7) is 0.401. The SMILES string of the molecule is O=C(NC[C@@H](NC(=O)c1ccoc1)C1CCCCC1)c1ccoc1. The molecule has 24 heavy (non-hydrogen) atoms. The average molecular weight is 330 g/mol. The molecule has 128 valence electrons. The van der Waals surface area contributed by atoms with Crippen molar-refractivity contribution >= 4 is 11.8 Å². The van der Waals surface area contributed by atoms with Crippen molar-refractivity contribution in [2.45, 2.75) is 38.1 Å². The smallest absolute Gasteiger partial charge is 0.254 e. The molecule has 1 aliphatic rings. The van der Waals surface area contributed by atoms with Crippen LogP contribution in [0.25, 0.3) is 0 Å². The van der Waals surface area contributed by atoms with Gasteiger partial charge < -0.3 is 19.5 Å². The van der Waals surface area contributed by atoms with Gasteiger partial charge in [-0.2, -0.15) is 0 Å². The van der Waals surface area contributed by atoms with Gasteiger partial charge in [0.1, 0.15) is 12.5 Å². The Morgan fingerprint density at radius 2 is 1.62 bits per heavy atom. The first kappa shape index (κ1) is 16.4. The molecule has 0 unspecified atom stereocenters. The molecule has 2 amide bonds. The van der Waals surface area contributed by atoms with Crippen molar-refractivity contribution in [3.8, 4) is 0 Å². The zero-order chi connectivity index (χ0) is 16.8. The number of rotatable bonds is 6. The maximum atomic E-state index is 12.3. The average Bonchev–Trinajstić information content (AvgIpc) is 3.32. The highest BCUT2D eigenvalue weighted by Crippen LogP contribution is 2.26. The van der Waals surface area contributed by atoms with Crippen LogP contribution in [0.2, 0.25) is 0 Å². The van der Waals surface area contributed by atoms with E-state index in [2.05, 4.69) is 10.6 Å². The summed E-state index contributed by atoms with van der Waals surface area (Å²) in [5.74, 6) is 0.0123. The van der Waals surface area contributed by atoms with Crippen LogP contribution in [0, 0.1) is 5.92 Å². The Labute approximate surface area is 140 Å². The molecule has 0 saturated heterocycles. The van der Waals surface area contributed by atoms with Gasteiger partial charge in [0.2, 0.25) is 0 Å². The summed E-state index contributed by atoms with van der Waals surface area (Å²) in [4.78, 5) is 24.4. The molecule has 0 bridgehead atoms. The number of carbonyl (C=O) groups is 2. The molecule has 0 aromatic carbocycles. The van der Waals surface area contributed by atoms with Gasteiger partial charge in [-0.25, -0.2) is 0 Å². The molecule has 1 atom stereocenters. The van der Waals surface area contributed by atoms with Crippen molar-refractivity contribution < 1.29 is 18.4 Å². The Morgan fingerprint density at radius 3 is 2.21 bits per heavy atom. The highest BCUT2D eigenvalue weighted by Gasteiger charge is 2.26. The maximum Gasteiger partial charge on any atom is 0.254 e. The minimum atomic E-state index is -0.192. The summed E-state index contributed by atoms with van der Waals surface area (Å²) in [5, 5.41) is 5.95. The van der Waals surface area contributed by atoms with E-state index in [-0.39, 0.29) is 17.9 Å². The van der Waals surface area contributed by atoms with Gasteiger partial charge in [0.05, 0.1) is 23.7 Å². The van der Waals surface area contributed by atoms with Gasteiger partial charge >= 0.3 is 0 Å². The maximum absolute atomic E-state index is 12.3. The Bertz CT molecular complexity index is 643. The van der Waals surface area contributed by atoms with Crippen LogP contribution in [0.15, 0.2) is 46.0 Å². The van der Waals surface area contributed by atoms with Gasteiger partial charge in [0.25, 0.3) is 11.8 Å². The Hall–Kier alpha value is -2.50. The second-order valence-corrected chi connectivity index (χ2v) is 6.21. The van der Waals surface area contributed by atoms with Crippen molar-refractivity contribution in [2.75, 3.05) is 6.54 Å².